The average molecular weight is 154 g/mol. The highest BCUT2D eigenvalue weighted by molar-refractivity contribution is 4.94. The molecule has 0 radical (unpaired) electrons. The number of aromatic nitrogens is 3. The Labute approximate surface area is 66.4 Å². The minimum atomic E-state index is 0.635. The highest BCUT2D eigenvalue weighted by Crippen LogP contribution is 1.99. The van der Waals surface area contributed by atoms with Gasteiger partial charge in [0.05, 0.1) is 0 Å². The third kappa shape index (κ3) is 1.57. The Bertz CT molecular complexity index is 228. The molecule has 0 amide bonds. The third-order valence-electron chi connectivity index (χ3n) is 1.74. The molecule has 0 bridgehead atoms. The molecule has 2 N–H and O–H groups in total. The minimum Gasteiger partial charge on any atom is -0.330 e. The zero-order chi connectivity index (χ0) is 8.27. The van der Waals surface area contributed by atoms with Crippen molar-refractivity contribution in [3.63, 3.8) is 0 Å². The predicted octanol–water partition coefficient (Wildman–Crippen LogP) is -0.121. The Hall–Kier alpha value is -0.900. The zero-order valence-corrected chi connectivity index (χ0v) is 7.04. The fourth-order valence-corrected chi connectivity index (χ4v) is 1.05. The van der Waals surface area contributed by atoms with Crippen LogP contribution >= 0.6 is 0 Å². The van der Waals surface area contributed by atoms with E-state index in [4.69, 9.17) is 5.73 Å². The molecular weight excluding hydrogens is 140 g/mol. The van der Waals surface area contributed by atoms with Crippen LogP contribution in [0.15, 0.2) is 0 Å². The Morgan fingerprint density at radius 2 is 2.00 bits per heavy atom. The predicted molar refractivity (Wildman–Crippen MR) is 43.1 cm³/mol. The Kier molecular flexibility index (Phi) is 2.59. The second kappa shape index (κ2) is 3.48. The maximum Gasteiger partial charge on any atom is 0.134 e. The van der Waals surface area contributed by atoms with Crippen LogP contribution in [0.25, 0.3) is 0 Å². The molecule has 11 heavy (non-hydrogen) atoms. The lowest BCUT2D eigenvalue weighted by Gasteiger charge is -1.99. The SMILES string of the molecule is CCc1nnc(CCN)n1C. The van der Waals surface area contributed by atoms with Crippen LogP contribution in [0.1, 0.15) is 18.6 Å². The molecule has 0 aliphatic heterocycles. The van der Waals surface area contributed by atoms with Crippen LogP contribution in [0, 0.1) is 0 Å². The number of hydrogen-bond donors (Lipinski definition) is 1. The molecule has 1 heterocycles. The Morgan fingerprint density at radius 3 is 2.45 bits per heavy atom. The first-order chi connectivity index (χ1) is 5.29. The van der Waals surface area contributed by atoms with Crippen LogP contribution in [0.2, 0.25) is 0 Å². The van der Waals surface area contributed by atoms with Crippen LogP contribution in [-0.2, 0) is 19.9 Å². The number of nitrogens with zero attached hydrogens (tertiary/aromatic N) is 3. The molecular formula is C7H14N4. The van der Waals surface area contributed by atoms with Crippen molar-refractivity contribution >= 4 is 0 Å². The van der Waals surface area contributed by atoms with Gasteiger partial charge >= 0.3 is 0 Å². The van der Waals surface area contributed by atoms with Gasteiger partial charge in [-0.15, -0.1) is 10.2 Å². The van der Waals surface area contributed by atoms with Gasteiger partial charge in [0.1, 0.15) is 11.6 Å². The molecule has 0 aliphatic carbocycles. The number of hydrogen-bond acceptors (Lipinski definition) is 3. The van der Waals surface area contributed by atoms with Crippen LogP contribution in [0.4, 0.5) is 0 Å². The standard InChI is InChI=1S/C7H14N4/c1-3-6-9-10-7(4-5-8)11(6)2/h3-5,8H2,1-2H3. The summed E-state index contributed by atoms with van der Waals surface area (Å²) in [4.78, 5) is 0. The summed E-state index contributed by atoms with van der Waals surface area (Å²) in [6.07, 6.45) is 1.73. The van der Waals surface area contributed by atoms with Gasteiger partial charge in [0.2, 0.25) is 0 Å². The highest BCUT2D eigenvalue weighted by Gasteiger charge is 2.04. The van der Waals surface area contributed by atoms with E-state index < -0.39 is 0 Å². The molecule has 4 heteroatoms. The minimum absolute atomic E-state index is 0.635. The van der Waals surface area contributed by atoms with Gasteiger partial charge in [0.15, 0.2) is 0 Å². The van der Waals surface area contributed by atoms with Gasteiger partial charge in [0, 0.05) is 19.9 Å². The van der Waals surface area contributed by atoms with Crippen molar-refractivity contribution in [2.24, 2.45) is 12.8 Å². The third-order valence-corrected chi connectivity index (χ3v) is 1.74. The van der Waals surface area contributed by atoms with Crippen molar-refractivity contribution in [1.29, 1.82) is 0 Å². The summed E-state index contributed by atoms with van der Waals surface area (Å²) in [5, 5.41) is 8.02. The summed E-state index contributed by atoms with van der Waals surface area (Å²) in [7, 11) is 1.98. The lowest BCUT2D eigenvalue weighted by atomic mass is 10.4. The van der Waals surface area contributed by atoms with E-state index >= 15 is 0 Å². The molecule has 0 spiro atoms. The van der Waals surface area contributed by atoms with Crippen LogP contribution in [-0.4, -0.2) is 21.3 Å². The number of nitrogens with two attached hydrogens (primary N) is 1. The van der Waals surface area contributed by atoms with Gasteiger partial charge in [-0.25, -0.2) is 0 Å². The maximum absolute atomic E-state index is 5.40. The molecule has 62 valence electrons. The largest absolute Gasteiger partial charge is 0.330 e. The van der Waals surface area contributed by atoms with Crippen molar-refractivity contribution in [3.05, 3.63) is 11.6 Å². The van der Waals surface area contributed by atoms with E-state index in [1.807, 2.05) is 11.6 Å². The topological polar surface area (TPSA) is 56.7 Å². The van der Waals surface area contributed by atoms with E-state index in [0.717, 1.165) is 24.5 Å². The van der Waals surface area contributed by atoms with Gasteiger partial charge in [-0.2, -0.15) is 0 Å². The van der Waals surface area contributed by atoms with E-state index in [1.54, 1.807) is 0 Å². The van der Waals surface area contributed by atoms with Crippen molar-refractivity contribution in [1.82, 2.24) is 14.8 Å². The van der Waals surface area contributed by atoms with E-state index in [0.29, 0.717) is 6.54 Å². The van der Waals surface area contributed by atoms with Gasteiger partial charge in [-0.3, -0.25) is 0 Å². The van der Waals surface area contributed by atoms with Gasteiger partial charge in [-0.1, -0.05) is 6.92 Å². The quantitative estimate of drug-likeness (QED) is 0.660. The van der Waals surface area contributed by atoms with Gasteiger partial charge in [0.25, 0.3) is 0 Å². The van der Waals surface area contributed by atoms with E-state index in [9.17, 15) is 0 Å². The normalized spacial score (nSPS) is 10.5. The van der Waals surface area contributed by atoms with Crippen LogP contribution in [0.3, 0.4) is 0 Å². The summed E-state index contributed by atoms with van der Waals surface area (Å²) < 4.78 is 2.01. The van der Waals surface area contributed by atoms with E-state index in [-0.39, 0.29) is 0 Å². The van der Waals surface area contributed by atoms with Crippen molar-refractivity contribution in [2.75, 3.05) is 6.54 Å². The van der Waals surface area contributed by atoms with Crippen molar-refractivity contribution in [2.45, 2.75) is 19.8 Å². The fraction of sp³-hybridized carbons (Fsp3) is 0.714. The lowest BCUT2D eigenvalue weighted by molar-refractivity contribution is 0.743. The Balaban J connectivity index is 2.82. The molecule has 0 saturated carbocycles. The molecule has 1 aromatic heterocycles. The molecule has 0 atom stereocenters. The first-order valence-electron chi connectivity index (χ1n) is 3.86. The van der Waals surface area contributed by atoms with Crippen LogP contribution < -0.4 is 5.73 Å². The summed E-state index contributed by atoms with van der Waals surface area (Å²) in [6, 6.07) is 0. The summed E-state index contributed by atoms with van der Waals surface area (Å²) in [5.41, 5.74) is 5.40. The monoisotopic (exact) mass is 154 g/mol. The summed E-state index contributed by atoms with van der Waals surface area (Å²) in [6.45, 7) is 2.70. The van der Waals surface area contributed by atoms with Gasteiger partial charge < -0.3 is 10.3 Å². The Morgan fingerprint density at radius 1 is 1.36 bits per heavy atom. The smallest absolute Gasteiger partial charge is 0.134 e. The molecule has 4 nitrogen and oxygen atoms in total. The first kappa shape index (κ1) is 8.20. The fourth-order valence-electron chi connectivity index (χ4n) is 1.05. The zero-order valence-electron chi connectivity index (χ0n) is 7.04. The van der Waals surface area contributed by atoms with E-state index in [1.165, 1.54) is 0 Å². The molecule has 0 fully saturated rings. The van der Waals surface area contributed by atoms with E-state index in [2.05, 4.69) is 17.1 Å². The molecule has 0 aromatic carbocycles. The molecule has 0 aliphatic rings. The molecule has 1 aromatic rings. The summed E-state index contributed by atoms with van der Waals surface area (Å²) >= 11 is 0. The summed E-state index contributed by atoms with van der Waals surface area (Å²) in [5.74, 6) is 2.00. The second-order valence-electron chi connectivity index (χ2n) is 2.48. The number of aryl methyl sites for hydroxylation is 1. The molecule has 0 unspecified atom stereocenters. The maximum atomic E-state index is 5.40. The molecule has 0 saturated heterocycles. The number of rotatable bonds is 3. The first-order valence-corrected chi connectivity index (χ1v) is 3.86. The lowest BCUT2D eigenvalue weighted by Crippen LogP contribution is -2.08. The second-order valence-corrected chi connectivity index (χ2v) is 2.48. The molecule has 1 rings (SSSR count). The van der Waals surface area contributed by atoms with Crippen LogP contribution in [0.5, 0.6) is 0 Å². The van der Waals surface area contributed by atoms with Crippen molar-refractivity contribution in [3.8, 4) is 0 Å². The van der Waals surface area contributed by atoms with Gasteiger partial charge in [-0.05, 0) is 6.54 Å². The average Bonchev–Trinajstić information content (AvgIpc) is 2.34. The highest BCUT2D eigenvalue weighted by atomic mass is 15.3. The van der Waals surface area contributed by atoms with Crippen molar-refractivity contribution < 1.29 is 0 Å².